The molecule has 0 aromatic heterocycles. The fourth-order valence-corrected chi connectivity index (χ4v) is 1.72. The molecule has 0 aromatic rings. The highest BCUT2D eigenvalue weighted by Gasteiger charge is 2.30. The topological polar surface area (TPSA) is 73.6 Å². The minimum atomic E-state index is -0.715. The molecule has 0 bridgehead atoms. The van der Waals surface area contributed by atoms with Gasteiger partial charge in [-0.2, -0.15) is 0 Å². The summed E-state index contributed by atoms with van der Waals surface area (Å²) in [5.74, 6) is 0.189. The van der Waals surface area contributed by atoms with Gasteiger partial charge in [0, 0.05) is 19.3 Å². The van der Waals surface area contributed by atoms with Gasteiger partial charge >= 0.3 is 0 Å². The van der Waals surface area contributed by atoms with Gasteiger partial charge in [0.05, 0.1) is 18.8 Å². The highest BCUT2D eigenvalue weighted by atomic mass is 16.5. The Morgan fingerprint density at radius 1 is 1.16 bits per heavy atom. The predicted molar refractivity (Wildman–Crippen MR) is 77.0 cm³/mol. The standard InChI is InChI=1S/C14H30N2O3/c1-11(2)10-19-9-8-18-7-6-14(5,13(15)17)16-12(3)4/h11-12,16H,6-10H2,1-5H3,(H2,15,17). The van der Waals surface area contributed by atoms with Crippen molar-refractivity contribution in [1.29, 1.82) is 0 Å². The third-order valence-electron chi connectivity index (χ3n) is 2.72. The van der Waals surface area contributed by atoms with E-state index < -0.39 is 5.54 Å². The van der Waals surface area contributed by atoms with Crippen LogP contribution in [0.3, 0.4) is 0 Å². The molecule has 19 heavy (non-hydrogen) atoms. The van der Waals surface area contributed by atoms with Crippen molar-refractivity contribution in [2.75, 3.05) is 26.4 Å². The second kappa shape index (κ2) is 9.28. The number of primary amides is 1. The molecule has 0 rings (SSSR count). The molecular formula is C14H30N2O3. The van der Waals surface area contributed by atoms with Crippen molar-refractivity contribution in [2.24, 2.45) is 11.7 Å². The van der Waals surface area contributed by atoms with Gasteiger partial charge in [0.25, 0.3) is 0 Å². The molecule has 1 amide bonds. The molecule has 0 heterocycles. The molecule has 1 atom stereocenters. The highest BCUT2D eigenvalue weighted by molar-refractivity contribution is 5.84. The van der Waals surface area contributed by atoms with Crippen LogP contribution in [-0.4, -0.2) is 43.9 Å². The van der Waals surface area contributed by atoms with E-state index in [0.717, 1.165) is 6.61 Å². The summed E-state index contributed by atoms with van der Waals surface area (Å²) in [6, 6.07) is 0.201. The largest absolute Gasteiger partial charge is 0.379 e. The Hall–Kier alpha value is -0.650. The minimum absolute atomic E-state index is 0.201. The van der Waals surface area contributed by atoms with Gasteiger partial charge in [-0.25, -0.2) is 0 Å². The zero-order valence-corrected chi connectivity index (χ0v) is 13.0. The summed E-state index contributed by atoms with van der Waals surface area (Å²) in [5, 5.41) is 3.19. The van der Waals surface area contributed by atoms with Crippen LogP contribution < -0.4 is 11.1 Å². The number of carbonyl (C=O) groups excluding carboxylic acids is 1. The molecule has 5 nitrogen and oxygen atoms in total. The second-order valence-electron chi connectivity index (χ2n) is 5.83. The average molecular weight is 274 g/mol. The summed E-state index contributed by atoms with van der Waals surface area (Å²) < 4.78 is 10.9. The van der Waals surface area contributed by atoms with E-state index in [9.17, 15) is 4.79 Å². The van der Waals surface area contributed by atoms with Crippen molar-refractivity contribution in [3.8, 4) is 0 Å². The van der Waals surface area contributed by atoms with Crippen LogP contribution in [0, 0.1) is 5.92 Å². The Balaban J connectivity index is 3.80. The van der Waals surface area contributed by atoms with Crippen LogP contribution in [0.5, 0.6) is 0 Å². The van der Waals surface area contributed by atoms with E-state index in [1.165, 1.54) is 0 Å². The Morgan fingerprint density at radius 2 is 1.74 bits per heavy atom. The number of nitrogens with two attached hydrogens (primary N) is 1. The molecule has 114 valence electrons. The first-order valence-electron chi connectivity index (χ1n) is 7.01. The molecule has 0 radical (unpaired) electrons. The van der Waals surface area contributed by atoms with E-state index >= 15 is 0 Å². The molecule has 0 aliphatic carbocycles. The molecule has 0 aromatic carbocycles. The van der Waals surface area contributed by atoms with Crippen molar-refractivity contribution < 1.29 is 14.3 Å². The third-order valence-corrected chi connectivity index (χ3v) is 2.72. The lowest BCUT2D eigenvalue weighted by Crippen LogP contribution is -2.56. The van der Waals surface area contributed by atoms with E-state index in [1.54, 1.807) is 0 Å². The quantitative estimate of drug-likeness (QED) is 0.557. The van der Waals surface area contributed by atoms with Crippen molar-refractivity contribution in [3.63, 3.8) is 0 Å². The smallest absolute Gasteiger partial charge is 0.237 e. The van der Waals surface area contributed by atoms with Gasteiger partial charge in [0.2, 0.25) is 5.91 Å². The molecule has 0 fully saturated rings. The summed E-state index contributed by atoms with van der Waals surface area (Å²) >= 11 is 0. The van der Waals surface area contributed by atoms with Gasteiger partial charge in [0.1, 0.15) is 0 Å². The fraction of sp³-hybridized carbons (Fsp3) is 0.929. The first-order chi connectivity index (χ1) is 8.78. The van der Waals surface area contributed by atoms with Crippen LogP contribution >= 0.6 is 0 Å². The zero-order valence-electron chi connectivity index (χ0n) is 13.0. The zero-order chi connectivity index (χ0) is 14.9. The maximum atomic E-state index is 11.5. The molecule has 3 N–H and O–H groups in total. The number of nitrogens with one attached hydrogen (secondary N) is 1. The van der Waals surface area contributed by atoms with Crippen molar-refractivity contribution in [2.45, 2.75) is 52.6 Å². The number of amides is 1. The maximum absolute atomic E-state index is 11.5. The lowest BCUT2D eigenvalue weighted by Gasteiger charge is -2.29. The molecule has 0 saturated carbocycles. The normalized spacial score (nSPS) is 14.9. The minimum Gasteiger partial charge on any atom is -0.379 e. The summed E-state index contributed by atoms with van der Waals surface area (Å²) in [6.07, 6.45) is 0.560. The monoisotopic (exact) mass is 274 g/mol. The fourth-order valence-electron chi connectivity index (χ4n) is 1.72. The molecule has 1 unspecified atom stereocenters. The Bertz CT molecular complexity index is 257. The van der Waals surface area contributed by atoms with Gasteiger partial charge < -0.3 is 20.5 Å². The van der Waals surface area contributed by atoms with Gasteiger partial charge in [-0.1, -0.05) is 13.8 Å². The lowest BCUT2D eigenvalue weighted by atomic mass is 9.96. The first kappa shape index (κ1) is 18.4. The summed E-state index contributed by atoms with van der Waals surface area (Å²) in [7, 11) is 0. The highest BCUT2D eigenvalue weighted by Crippen LogP contribution is 2.10. The van der Waals surface area contributed by atoms with E-state index in [-0.39, 0.29) is 11.9 Å². The van der Waals surface area contributed by atoms with Crippen molar-refractivity contribution >= 4 is 5.91 Å². The van der Waals surface area contributed by atoms with Crippen LogP contribution in [-0.2, 0) is 14.3 Å². The van der Waals surface area contributed by atoms with E-state index in [0.29, 0.717) is 32.2 Å². The second-order valence-corrected chi connectivity index (χ2v) is 5.83. The van der Waals surface area contributed by atoms with Gasteiger partial charge in [-0.15, -0.1) is 0 Å². The van der Waals surface area contributed by atoms with Gasteiger partial charge in [-0.05, 0) is 33.1 Å². The number of carbonyl (C=O) groups is 1. The molecular weight excluding hydrogens is 244 g/mol. The number of hydrogen-bond acceptors (Lipinski definition) is 4. The van der Waals surface area contributed by atoms with Gasteiger partial charge in [-0.3, -0.25) is 4.79 Å². The van der Waals surface area contributed by atoms with Crippen LogP contribution in [0.4, 0.5) is 0 Å². The van der Waals surface area contributed by atoms with E-state index in [2.05, 4.69) is 19.2 Å². The molecule has 0 saturated heterocycles. The average Bonchev–Trinajstić information content (AvgIpc) is 2.26. The van der Waals surface area contributed by atoms with Crippen LogP contribution in [0.2, 0.25) is 0 Å². The van der Waals surface area contributed by atoms with Crippen molar-refractivity contribution in [3.05, 3.63) is 0 Å². The molecule has 0 aliphatic heterocycles. The lowest BCUT2D eigenvalue weighted by molar-refractivity contribution is -0.125. The Kier molecular flexibility index (Phi) is 8.97. The number of rotatable bonds is 11. The summed E-state index contributed by atoms with van der Waals surface area (Å²) in [5.41, 5.74) is 4.72. The molecule has 0 aliphatic rings. The van der Waals surface area contributed by atoms with Crippen molar-refractivity contribution in [1.82, 2.24) is 5.32 Å². The van der Waals surface area contributed by atoms with Crippen LogP contribution in [0.25, 0.3) is 0 Å². The maximum Gasteiger partial charge on any atom is 0.237 e. The Morgan fingerprint density at radius 3 is 2.21 bits per heavy atom. The van der Waals surface area contributed by atoms with Gasteiger partial charge in [0.15, 0.2) is 0 Å². The number of hydrogen-bond donors (Lipinski definition) is 2. The summed E-state index contributed by atoms with van der Waals surface area (Å²) in [6.45, 7) is 12.4. The third kappa shape index (κ3) is 8.97. The SMILES string of the molecule is CC(C)COCCOCCC(C)(NC(C)C)C(N)=O. The summed E-state index contributed by atoms with van der Waals surface area (Å²) in [4.78, 5) is 11.5. The van der Waals surface area contributed by atoms with E-state index in [1.807, 2.05) is 20.8 Å². The van der Waals surface area contributed by atoms with Crippen LogP contribution in [0.1, 0.15) is 41.0 Å². The molecule has 0 spiro atoms. The molecule has 5 heteroatoms. The number of ether oxygens (including phenoxy) is 2. The first-order valence-corrected chi connectivity index (χ1v) is 7.01. The van der Waals surface area contributed by atoms with Crippen LogP contribution in [0.15, 0.2) is 0 Å². The Labute approximate surface area is 117 Å². The predicted octanol–water partition coefficient (Wildman–Crippen LogP) is 1.31. The van der Waals surface area contributed by atoms with E-state index in [4.69, 9.17) is 15.2 Å².